The van der Waals surface area contributed by atoms with Crippen LogP contribution in [0.25, 0.3) is 11.1 Å². The van der Waals surface area contributed by atoms with Gasteiger partial charge in [0.2, 0.25) is 0 Å². The van der Waals surface area contributed by atoms with Gasteiger partial charge in [0.1, 0.15) is 0 Å². The van der Waals surface area contributed by atoms with E-state index in [0.717, 1.165) is 18.7 Å². The number of hydrogen-bond donors (Lipinski definition) is 2. The van der Waals surface area contributed by atoms with E-state index in [1.54, 1.807) is 12.1 Å². The van der Waals surface area contributed by atoms with E-state index in [9.17, 15) is 9.90 Å². The third-order valence-corrected chi connectivity index (χ3v) is 3.76. The van der Waals surface area contributed by atoms with Gasteiger partial charge in [0.25, 0.3) is 0 Å². The number of aromatic nitrogens is 1. The molecule has 1 fully saturated rings. The van der Waals surface area contributed by atoms with Gasteiger partial charge >= 0.3 is 5.76 Å². The van der Waals surface area contributed by atoms with E-state index in [4.69, 9.17) is 9.15 Å². The van der Waals surface area contributed by atoms with Gasteiger partial charge in [0.05, 0.1) is 23.8 Å². The lowest BCUT2D eigenvalue weighted by Gasteiger charge is -2.36. The highest BCUT2D eigenvalue weighted by Crippen LogP contribution is 2.21. The number of β-amino-alcohol motifs (C(OH)–C–C–N with tert-alkyl or cyclic N) is 1. The summed E-state index contributed by atoms with van der Waals surface area (Å²) in [6.07, 6.45) is -0.274. The molecule has 2 N–H and O–H groups in total. The van der Waals surface area contributed by atoms with Gasteiger partial charge in [0.15, 0.2) is 5.58 Å². The van der Waals surface area contributed by atoms with Gasteiger partial charge in [-0.05, 0) is 31.5 Å². The van der Waals surface area contributed by atoms with E-state index in [0.29, 0.717) is 17.6 Å². The average molecular weight is 292 g/mol. The van der Waals surface area contributed by atoms with E-state index in [1.165, 1.54) is 0 Å². The number of fused-ring (bicyclic) bond motifs is 1. The molecule has 1 saturated heterocycles. The van der Waals surface area contributed by atoms with Crippen molar-refractivity contribution in [1.82, 2.24) is 9.88 Å². The number of H-pyrrole nitrogens is 1. The van der Waals surface area contributed by atoms with Crippen molar-refractivity contribution in [3.8, 4) is 0 Å². The van der Waals surface area contributed by atoms with Crippen molar-refractivity contribution in [2.45, 2.75) is 32.2 Å². The van der Waals surface area contributed by atoms with Gasteiger partial charge in [-0.2, -0.15) is 0 Å². The topological polar surface area (TPSA) is 78.7 Å². The third kappa shape index (κ3) is 3.18. The molecule has 1 aromatic heterocycles. The lowest BCUT2D eigenvalue weighted by molar-refractivity contribution is -0.0767. The highest BCUT2D eigenvalue weighted by atomic mass is 16.5. The minimum atomic E-state index is -0.618. The summed E-state index contributed by atoms with van der Waals surface area (Å²) >= 11 is 0. The SMILES string of the molecule is CC1CN(CC(O)c2ccc3[nH]c(=O)oc3c2)CC(C)O1. The van der Waals surface area contributed by atoms with Crippen LogP contribution >= 0.6 is 0 Å². The van der Waals surface area contributed by atoms with Crippen molar-refractivity contribution in [3.05, 3.63) is 34.3 Å². The van der Waals surface area contributed by atoms with E-state index >= 15 is 0 Å². The number of rotatable bonds is 3. The Hall–Kier alpha value is -1.63. The lowest BCUT2D eigenvalue weighted by atomic mass is 10.1. The number of aromatic amines is 1. The molecule has 21 heavy (non-hydrogen) atoms. The second-order valence-corrected chi connectivity index (χ2v) is 5.76. The molecule has 1 aliphatic heterocycles. The minimum Gasteiger partial charge on any atom is -0.408 e. The van der Waals surface area contributed by atoms with Crippen LogP contribution in [0, 0.1) is 0 Å². The summed E-state index contributed by atoms with van der Waals surface area (Å²) in [5.41, 5.74) is 1.86. The van der Waals surface area contributed by atoms with Gasteiger partial charge in [0, 0.05) is 19.6 Å². The summed E-state index contributed by atoms with van der Waals surface area (Å²) in [5, 5.41) is 10.4. The Morgan fingerprint density at radius 1 is 1.38 bits per heavy atom. The molecule has 6 heteroatoms. The van der Waals surface area contributed by atoms with Crippen LogP contribution in [0.4, 0.5) is 0 Å². The fourth-order valence-electron chi connectivity index (χ4n) is 2.95. The number of oxazole rings is 1. The second kappa shape index (κ2) is 5.63. The average Bonchev–Trinajstić information content (AvgIpc) is 2.76. The predicted molar refractivity (Wildman–Crippen MR) is 78.2 cm³/mol. The summed E-state index contributed by atoms with van der Waals surface area (Å²) in [5.74, 6) is -0.479. The standard InChI is InChI=1S/C15H20N2O4/c1-9-6-17(7-10(2)20-9)8-13(18)11-3-4-12-14(5-11)21-15(19)16-12/h3-5,9-10,13,18H,6-8H2,1-2H3,(H,16,19). The molecule has 0 spiro atoms. The summed E-state index contributed by atoms with van der Waals surface area (Å²) < 4.78 is 10.7. The quantitative estimate of drug-likeness (QED) is 0.890. The van der Waals surface area contributed by atoms with Crippen LogP contribution in [0.1, 0.15) is 25.5 Å². The Morgan fingerprint density at radius 3 is 2.81 bits per heavy atom. The zero-order valence-corrected chi connectivity index (χ0v) is 12.2. The van der Waals surface area contributed by atoms with Crippen molar-refractivity contribution in [3.63, 3.8) is 0 Å². The second-order valence-electron chi connectivity index (χ2n) is 5.76. The van der Waals surface area contributed by atoms with E-state index < -0.39 is 11.9 Å². The molecular formula is C15H20N2O4. The number of hydrogen-bond acceptors (Lipinski definition) is 5. The van der Waals surface area contributed by atoms with Crippen LogP contribution in [-0.2, 0) is 4.74 Å². The number of morpholine rings is 1. The molecule has 3 unspecified atom stereocenters. The fraction of sp³-hybridized carbons (Fsp3) is 0.533. The minimum absolute atomic E-state index is 0.172. The maximum atomic E-state index is 11.2. The van der Waals surface area contributed by atoms with Crippen LogP contribution in [0.15, 0.2) is 27.4 Å². The van der Waals surface area contributed by atoms with Gasteiger partial charge in [-0.15, -0.1) is 0 Å². The molecule has 1 aromatic carbocycles. The van der Waals surface area contributed by atoms with E-state index in [2.05, 4.69) is 9.88 Å². The van der Waals surface area contributed by atoms with Crippen LogP contribution < -0.4 is 5.76 Å². The molecule has 2 heterocycles. The number of nitrogens with zero attached hydrogens (tertiary/aromatic N) is 1. The number of aliphatic hydroxyl groups is 1. The maximum absolute atomic E-state index is 11.2. The van der Waals surface area contributed by atoms with Crippen LogP contribution in [0.2, 0.25) is 0 Å². The summed E-state index contributed by atoms with van der Waals surface area (Å²) in [6.45, 7) is 6.23. The molecule has 0 saturated carbocycles. The van der Waals surface area contributed by atoms with E-state index in [1.807, 2.05) is 19.9 Å². The van der Waals surface area contributed by atoms with Crippen molar-refractivity contribution >= 4 is 11.1 Å². The molecule has 1 aliphatic rings. The summed E-state index contributed by atoms with van der Waals surface area (Å²) in [4.78, 5) is 15.9. The molecule has 3 rings (SSSR count). The molecule has 3 atom stereocenters. The maximum Gasteiger partial charge on any atom is 0.417 e. The summed E-state index contributed by atoms with van der Waals surface area (Å²) in [6, 6.07) is 5.28. The fourth-order valence-corrected chi connectivity index (χ4v) is 2.95. The van der Waals surface area contributed by atoms with Crippen LogP contribution in [-0.4, -0.2) is 46.8 Å². The first-order chi connectivity index (χ1) is 10.0. The highest BCUT2D eigenvalue weighted by Gasteiger charge is 2.24. The van der Waals surface area contributed by atoms with Crippen molar-refractivity contribution in [2.75, 3.05) is 19.6 Å². The van der Waals surface area contributed by atoms with Crippen molar-refractivity contribution in [1.29, 1.82) is 0 Å². The Kier molecular flexibility index (Phi) is 3.84. The normalized spacial score (nSPS) is 25.3. The molecule has 0 radical (unpaired) electrons. The molecule has 2 aromatic rings. The number of ether oxygens (including phenoxy) is 1. The van der Waals surface area contributed by atoms with Gasteiger partial charge < -0.3 is 14.3 Å². The first kappa shape index (κ1) is 14.3. The van der Waals surface area contributed by atoms with E-state index in [-0.39, 0.29) is 12.2 Å². The molecule has 6 nitrogen and oxygen atoms in total. The Bertz CT molecular complexity index is 668. The zero-order chi connectivity index (χ0) is 15.0. The number of aliphatic hydroxyl groups excluding tert-OH is 1. The first-order valence-corrected chi connectivity index (χ1v) is 7.20. The predicted octanol–water partition coefficient (Wildman–Crippen LogP) is 1.26. The molecule has 0 bridgehead atoms. The highest BCUT2D eigenvalue weighted by molar-refractivity contribution is 5.72. The largest absolute Gasteiger partial charge is 0.417 e. The van der Waals surface area contributed by atoms with Crippen molar-refractivity contribution < 1.29 is 14.3 Å². The number of nitrogens with one attached hydrogen (secondary N) is 1. The molecule has 0 amide bonds. The van der Waals surface area contributed by atoms with Gasteiger partial charge in [-0.1, -0.05) is 6.07 Å². The molecule has 0 aliphatic carbocycles. The zero-order valence-electron chi connectivity index (χ0n) is 12.2. The van der Waals surface area contributed by atoms with Gasteiger partial charge in [-0.3, -0.25) is 9.88 Å². The molecular weight excluding hydrogens is 272 g/mol. The molecule has 114 valence electrons. The van der Waals surface area contributed by atoms with Crippen LogP contribution in [0.3, 0.4) is 0 Å². The smallest absolute Gasteiger partial charge is 0.408 e. The monoisotopic (exact) mass is 292 g/mol. The Labute approximate surface area is 122 Å². The number of benzene rings is 1. The third-order valence-electron chi connectivity index (χ3n) is 3.76. The van der Waals surface area contributed by atoms with Crippen LogP contribution in [0.5, 0.6) is 0 Å². The summed E-state index contributed by atoms with van der Waals surface area (Å²) in [7, 11) is 0. The first-order valence-electron chi connectivity index (χ1n) is 7.20. The Morgan fingerprint density at radius 2 is 2.10 bits per heavy atom. The Balaban J connectivity index is 1.73. The van der Waals surface area contributed by atoms with Crippen molar-refractivity contribution in [2.24, 2.45) is 0 Å². The lowest BCUT2D eigenvalue weighted by Crippen LogP contribution is -2.46. The van der Waals surface area contributed by atoms with Gasteiger partial charge in [-0.25, -0.2) is 4.79 Å².